The summed E-state index contributed by atoms with van der Waals surface area (Å²) in [6.45, 7) is -0.0778. The number of rotatable bonds is 6. The second-order valence-electron chi connectivity index (χ2n) is 8.32. The molecule has 3 heterocycles. The first-order chi connectivity index (χ1) is 15.5. The molecule has 0 aliphatic carbocycles. The summed E-state index contributed by atoms with van der Waals surface area (Å²) in [5, 5.41) is 99.9. The van der Waals surface area contributed by atoms with E-state index < -0.39 is 105 Å². The molecule has 33 heavy (non-hydrogen) atoms. The van der Waals surface area contributed by atoms with Crippen LogP contribution in [0, 0.1) is 0 Å². The Balaban J connectivity index is 1.80. The minimum atomic E-state index is -1.83. The van der Waals surface area contributed by atoms with Gasteiger partial charge < -0.3 is 74.7 Å². The van der Waals surface area contributed by atoms with Crippen LogP contribution < -0.4 is 0 Å². The summed E-state index contributed by atoms with van der Waals surface area (Å²) in [7, 11) is 0. The minimum absolute atomic E-state index is 0.731. The van der Waals surface area contributed by atoms with Crippen LogP contribution in [-0.4, -0.2) is 156 Å². The van der Waals surface area contributed by atoms with Crippen molar-refractivity contribution < 1.29 is 74.7 Å². The Bertz CT molecular complexity index is 622. The fourth-order valence-electron chi connectivity index (χ4n) is 3.97. The maximum absolute atomic E-state index is 10.6. The fourth-order valence-corrected chi connectivity index (χ4v) is 3.97. The third-order valence-corrected chi connectivity index (χ3v) is 6.06. The van der Waals surface area contributed by atoms with E-state index in [1.165, 1.54) is 6.92 Å². The molecule has 3 aliphatic rings. The van der Waals surface area contributed by atoms with Crippen LogP contribution in [0.25, 0.3) is 0 Å². The fraction of sp³-hybridized carbons (Fsp3) is 1.00. The maximum Gasteiger partial charge on any atom is 0.187 e. The van der Waals surface area contributed by atoms with Gasteiger partial charge in [0.2, 0.25) is 0 Å². The van der Waals surface area contributed by atoms with Crippen LogP contribution in [0.5, 0.6) is 0 Å². The highest BCUT2D eigenvalue weighted by Gasteiger charge is 2.53. The molecule has 0 aromatic heterocycles. The predicted molar refractivity (Wildman–Crippen MR) is 99.8 cm³/mol. The SMILES string of the molecule is C[C@@H]1O[C@@H](O)[C@@H](O[C@@H]2O[C@H](CO)[C@H](O)[C@H](O)[C@H]2O)[C@H](O[C@@H]2O[C@H](CO)[C@H](O)[C@H](O)[C@H]2O)[C@@H]1O. The van der Waals surface area contributed by atoms with Gasteiger partial charge in [0, 0.05) is 0 Å². The lowest BCUT2D eigenvalue weighted by atomic mass is 9.96. The van der Waals surface area contributed by atoms with Gasteiger partial charge in [-0.25, -0.2) is 0 Å². The molecule has 3 fully saturated rings. The van der Waals surface area contributed by atoms with Crippen molar-refractivity contribution in [3.8, 4) is 0 Å². The van der Waals surface area contributed by atoms with Gasteiger partial charge in [-0.2, -0.15) is 0 Å². The highest BCUT2D eigenvalue weighted by atomic mass is 16.8. The number of aliphatic hydroxyl groups excluding tert-OH is 10. The van der Waals surface area contributed by atoms with Gasteiger partial charge in [0.05, 0.1) is 19.3 Å². The monoisotopic (exact) mass is 488 g/mol. The molecule has 0 spiro atoms. The highest BCUT2D eigenvalue weighted by molar-refractivity contribution is 4.95. The van der Waals surface area contributed by atoms with E-state index in [2.05, 4.69) is 0 Å². The molecule has 0 radical (unpaired) electrons. The molecule has 0 saturated carbocycles. The Morgan fingerprint density at radius 2 is 0.970 bits per heavy atom. The molecule has 3 saturated heterocycles. The van der Waals surface area contributed by atoms with Gasteiger partial charge in [0.25, 0.3) is 0 Å². The first-order valence-corrected chi connectivity index (χ1v) is 10.4. The van der Waals surface area contributed by atoms with E-state index in [4.69, 9.17) is 23.7 Å². The molecule has 0 aromatic rings. The zero-order chi connectivity index (χ0) is 24.6. The average Bonchev–Trinajstić information content (AvgIpc) is 2.79. The van der Waals surface area contributed by atoms with Crippen LogP contribution in [0.3, 0.4) is 0 Å². The van der Waals surface area contributed by atoms with Gasteiger partial charge in [-0.3, -0.25) is 0 Å². The molecule has 15 nitrogen and oxygen atoms in total. The standard InChI is InChI=1S/C18H32O15/c1-4-7(21)14(32-17-12(26)10(24)8(22)5(2-19)30-17)15(16(28)29-4)33-18-13(27)11(25)9(23)6(3-20)31-18/h4-28H,2-3H2,1H3/t4-,5+,6+,7+,8-,9-,10-,11-,12+,13+,14+,15-,16+,17-,18-/m0/s1. The van der Waals surface area contributed by atoms with E-state index in [0.29, 0.717) is 0 Å². The van der Waals surface area contributed by atoms with Crippen molar-refractivity contribution in [2.45, 2.75) is 99.0 Å². The number of hydrogen-bond donors (Lipinski definition) is 10. The summed E-state index contributed by atoms with van der Waals surface area (Å²) in [5.41, 5.74) is 0. The lowest BCUT2D eigenvalue weighted by molar-refractivity contribution is -0.385. The van der Waals surface area contributed by atoms with Crippen LogP contribution in [0.4, 0.5) is 0 Å². The van der Waals surface area contributed by atoms with Crippen LogP contribution in [-0.2, 0) is 23.7 Å². The van der Waals surface area contributed by atoms with Crippen molar-refractivity contribution in [2.75, 3.05) is 13.2 Å². The van der Waals surface area contributed by atoms with E-state index in [-0.39, 0.29) is 0 Å². The Hall–Kier alpha value is -0.600. The van der Waals surface area contributed by atoms with Crippen molar-refractivity contribution in [1.29, 1.82) is 0 Å². The van der Waals surface area contributed by atoms with E-state index in [1.807, 2.05) is 0 Å². The number of aliphatic hydroxyl groups is 10. The molecule has 15 atom stereocenters. The predicted octanol–water partition coefficient (Wildman–Crippen LogP) is -6.55. The third kappa shape index (κ3) is 5.32. The van der Waals surface area contributed by atoms with Gasteiger partial charge in [-0.05, 0) is 6.92 Å². The van der Waals surface area contributed by atoms with Crippen LogP contribution in [0.2, 0.25) is 0 Å². The summed E-state index contributed by atoms with van der Waals surface area (Å²) < 4.78 is 26.8. The number of ether oxygens (including phenoxy) is 5. The first-order valence-electron chi connectivity index (χ1n) is 10.4. The van der Waals surface area contributed by atoms with E-state index >= 15 is 0 Å². The molecular weight excluding hydrogens is 456 g/mol. The number of hydrogen-bond acceptors (Lipinski definition) is 15. The Morgan fingerprint density at radius 3 is 1.39 bits per heavy atom. The smallest absolute Gasteiger partial charge is 0.187 e. The minimum Gasteiger partial charge on any atom is -0.394 e. The first kappa shape index (κ1) is 27.0. The molecular formula is C18H32O15. The molecule has 3 aliphatic heterocycles. The van der Waals surface area contributed by atoms with E-state index in [9.17, 15) is 51.1 Å². The summed E-state index contributed by atoms with van der Waals surface area (Å²) in [6.07, 6.45) is -24.1. The summed E-state index contributed by atoms with van der Waals surface area (Å²) in [6, 6.07) is 0. The molecule has 15 heteroatoms. The average molecular weight is 488 g/mol. The molecule has 0 amide bonds. The van der Waals surface area contributed by atoms with E-state index in [0.717, 1.165) is 0 Å². The van der Waals surface area contributed by atoms with Gasteiger partial charge in [-0.1, -0.05) is 0 Å². The molecule has 3 rings (SSSR count). The van der Waals surface area contributed by atoms with Crippen molar-refractivity contribution >= 4 is 0 Å². The van der Waals surface area contributed by atoms with Crippen molar-refractivity contribution in [1.82, 2.24) is 0 Å². The Labute approximate surface area is 187 Å². The van der Waals surface area contributed by atoms with Gasteiger partial charge in [-0.15, -0.1) is 0 Å². The van der Waals surface area contributed by atoms with Crippen molar-refractivity contribution in [3.63, 3.8) is 0 Å². The molecule has 0 bridgehead atoms. The van der Waals surface area contributed by atoms with E-state index in [1.54, 1.807) is 0 Å². The third-order valence-electron chi connectivity index (χ3n) is 6.06. The van der Waals surface area contributed by atoms with Gasteiger partial charge in [0.1, 0.15) is 67.1 Å². The van der Waals surface area contributed by atoms with Gasteiger partial charge >= 0.3 is 0 Å². The zero-order valence-electron chi connectivity index (χ0n) is 17.6. The second kappa shape index (κ2) is 11.0. The lowest BCUT2D eigenvalue weighted by Crippen LogP contribution is -2.66. The summed E-state index contributed by atoms with van der Waals surface area (Å²) in [5.74, 6) is 0. The molecule has 10 N–H and O–H groups in total. The second-order valence-corrected chi connectivity index (χ2v) is 8.32. The Morgan fingerprint density at radius 1 is 0.545 bits per heavy atom. The topological polar surface area (TPSA) is 248 Å². The zero-order valence-corrected chi connectivity index (χ0v) is 17.6. The van der Waals surface area contributed by atoms with Gasteiger partial charge in [0.15, 0.2) is 18.9 Å². The van der Waals surface area contributed by atoms with Crippen LogP contribution in [0.15, 0.2) is 0 Å². The molecule has 0 aromatic carbocycles. The Kier molecular flexibility index (Phi) is 8.99. The maximum atomic E-state index is 10.6. The quantitative estimate of drug-likeness (QED) is 0.167. The van der Waals surface area contributed by atoms with Crippen LogP contribution in [0.1, 0.15) is 6.92 Å². The summed E-state index contributed by atoms with van der Waals surface area (Å²) >= 11 is 0. The van der Waals surface area contributed by atoms with Crippen molar-refractivity contribution in [3.05, 3.63) is 0 Å². The lowest BCUT2D eigenvalue weighted by Gasteiger charge is -2.48. The molecule has 194 valence electrons. The highest BCUT2D eigenvalue weighted by Crippen LogP contribution is 2.32. The molecule has 0 unspecified atom stereocenters. The normalized spacial score (nSPS) is 53.7. The largest absolute Gasteiger partial charge is 0.394 e. The summed E-state index contributed by atoms with van der Waals surface area (Å²) in [4.78, 5) is 0. The van der Waals surface area contributed by atoms with Crippen LogP contribution >= 0.6 is 0 Å². The van der Waals surface area contributed by atoms with Crippen molar-refractivity contribution in [2.24, 2.45) is 0 Å².